The van der Waals surface area contributed by atoms with Gasteiger partial charge in [0.25, 0.3) is 5.91 Å². The standard InChI is InChI=1S/C27H39F5N4O6/c1-24(2,3)19(35-23(41)42-5)22(40)36-13-26(27(30,31)32)11-6-7-15(26)17(36)20(38)34-16(10-12-25(4,28)29)18(37)21(39)33-14-8-9-14/h14-17,19H,6-13H2,1-5H3,(H,33,39)(H,34,38)(H,35,41)/t15?,16-,17?,19+,26?/m0/s1. The summed E-state index contributed by atoms with van der Waals surface area (Å²) in [7, 11) is 1.05. The third-order valence-corrected chi connectivity index (χ3v) is 8.34. The van der Waals surface area contributed by atoms with E-state index in [-0.39, 0.29) is 25.3 Å². The van der Waals surface area contributed by atoms with Crippen LogP contribution in [0.15, 0.2) is 0 Å². The molecular formula is C27H39F5N4O6. The Hall–Kier alpha value is -3.00. The quantitative estimate of drug-likeness (QED) is 0.257. The summed E-state index contributed by atoms with van der Waals surface area (Å²) in [5.74, 6) is -9.10. The van der Waals surface area contributed by atoms with Crippen LogP contribution in [0.5, 0.6) is 0 Å². The number of alkyl halides is 5. The van der Waals surface area contributed by atoms with Crippen LogP contribution in [-0.2, 0) is 23.9 Å². The highest BCUT2D eigenvalue weighted by Gasteiger charge is 2.70. The molecule has 0 aromatic carbocycles. The molecule has 3 aliphatic rings. The van der Waals surface area contributed by atoms with Crippen LogP contribution < -0.4 is 16.0 Å². The molecule has 4 amide bonds. The maximum absolute atomic E-state index is 14.6. The van der Waals surface area contributed by atoms with Crippen LogP contribution in [-0.4, -0.2) is 84.4 Å². The highest BCUT2D eigenvalue weighted by molar-refractivity contribution is 6.38. The fourth-order valence-corrected chi connectivity index (χ4v) is 5.91. The summed E-state index contributed by atoms with van der Waals surface area (Å²) in [5.41, 5.74) is -3.46. The molecular weight excluding hydrogens is 571 g/mol. The Kier molecular flexibility index (Phi) is 9.53. The number of ketones is 1. The fraction of sp³-hybridized carbons (Fsp3) is 0.815. The molecule has 3 N–H and O–H groups in total. The van der Waals surface area contributed by atoms with E-state index in [9.17, 15) is 45.9 Å². The molecule has 238 valence electrons. The normalized spacial score (nSPS) is 25.7. The minimum atomic E-state index is -4.81. The van der Waals surface area contributed by atoms with Gasteiger partial charge in [-0.25, -0.2) is 13.6 Å². The van der Waals surface area contributed by atoms with Crippen LogP contribution in [0.4, 0.5) is 26.7 Å². The number of fused-ring (bicyclic) bond motifs is 1. The van der Waals surface area contributed by atoms with Crippen molar-refractivity contribution in [1.29, 1.82) is 0 Å². The Bertz CT molecular complexity index is 1080. The zero-order valence-corrected chi connectivity index (χ0v) is 24.3. The minimum absolute atomic E-state index is 0.0696. The molecule has 1 aliphatic heterocycles. The van der Waals surface area contributed by atoms with Crippen molar-refractivity contribution in [2.75, 3.05) is 13.7 Å². The molecule has 10 nitrogen and oxygen atoms in total. The van der Waals surface area contributed by atoms with E-state index in [4.69, 9.17) is 0 Å². The summed E-state index contributed by atoms with van der Waals surface area (Å²) in [6.45, 7) is 4.41. The molecule has 42 heavy (non-hydrogen) atoms. The number of rotatable bonds is 10. The number of likely N-dealkylation sites (tertiary alicyclic amines) is 1. The Morgan fingerprint density at radius 2 is 1.60 bits per heavy atom. The number of amides is 4. The lowest BCUT2D eigenvalue weighted by Crippen LogP contribution is -2.60. The van der Waals surface area contributed by atoms with Crippen LogP contribution in [0.1, 0.15) is 72.6 Å². The van der Waals surface area contributed by atoms with Gasteiger partial charge in [-0.3, -0.25) is 19.2 Å². The Morgan fingerprint density at radius 3 is 2.10 bits per heavy atom. The van der Waals surface area contributed by atoms with E-state index in [0.29, 0.717) is 19.8 Å². The number of hydrogen-bond donors (Lipinski definition) is 3. The molecule has 2 saturated carbocycles. The van der Waals surface area contributed by atoms with E-state index in [0.717, 1.165) is 12.0 Å². The SMILES string of the molecule is COC(=O)N[C@H](C(=O)N1CC2(C(F)(F)F)CCCC2C1C(=O)N[C@@H](CCC(C)(F)F)C(=O)C(=O)NC1CC1)C(C)(C)C. The van der Waals surface area contributed by atoms with Gasteiger partial charge in [0.2, 0.25) is 23.5 Å². The van der Waals surface area contributed by atoms with Gasteiger partial charge in [-0.15, -0.1) is 0 Å². The number of nitrogens with one attached hydrogen (secondary N) is 3. The number of methoxy groups -OCH3 is 1. The molecule has 1 saturated heterocycles. The highest BCUT2D eigenvalue weighted by Crippen LogP contribution is 2.60. The lowest BCUT2D eigenvalue weighted by Gasteiger charge is -2.36. The van der Waals surface area contributed by atoms with Gasteiger partial charge in [0, 0.05) is 24.9 Å². The molecule has 3 rings (SSSR count). The molecule has 15 heteroatoms. The van der Waals surface area contributed by atoms with Gasteiger partial charge in [0.05, 0.1) is 18.6 Å². The third kappa shape index (κ3) is 7.31. The number of halogens is 5. The van der Waals surface area contributed by atoms with Gasteiger partial charge < -0.3 is 25.6 Å². The van der Waals surface area contributed by atoms with E-state index in [1.807, 2.05) is 0 Å². The molecule has 2 aliphatic carbocycles. The van der Waals surface area contributed by atoms with Gasteiger partial charge in [0.15, 0.2) is 0 Å². The van der Waals surface area contributed by atoms with Gasteiger partial charge >= 0.3 is 12.3 Å². The van der Waals surface area contributed by atoms with E-state index < -0.39 is 96.0 Å². The van der Waals surface area contributed by atoms with Crippen LogP contribution in [0.3, 0.4) is 0 Å². The van der Waals surface area contributed by atoms with Crippen molar-refractivity contribution in [2.45, 2.75) is 109 Å². The minimum Gasteiger partial charge on any atom is -0.453 e. The first kappa shape index (κ1) is 33.5. The predicted octanol–water partition coefficient (Wildman–Crippen LogP) is 3.08. The summed E-state index contributed by atoms with van der Waals surface area (Å²) in [6, 6.07) is -5.15. The monoisotopic (exact) mass is 610 g/mol. The maximum atomic E-state index is 14.6. The molecule has 0 radical (unpaired) electrons. The zero-order valence-electron chi connectivity index (χ0n) is 24.3. The van der Waals surface area contributed by atoms with E-state index in [2.05, 4.69) is 20.7 Å². The number of carbonyl (C=O) groups is 5. The van der Waals surface area contributed by atoms with Gasteiger partial charge in [-0.1, -0.05) is 27.2 Å². The van der Waals surface area contributed by atoms with Crippen molar-refractivity contribution >= 4 is 29.6 Å². The van der Waals surface area contributed by atoms with Crippen LogP contribution in [0.25, 0.3) is 0 Å². The predicted molar refractivity (Wildman–Crippen MR) is 138 cm³/mol. The van der Waals surface area contributed by atoms with Crippen molar-refractivity contribution in [3.63, 3.8) is 0 Å². The first-order valence-electron chi connectivity index (χ1n) is 14.0. The highest BCUT2D eigenvalue weighted by atomic mass is 19.4. The van der Waals surface area contributed by atoms with Crippen LogP contribution >= 0.6 is 0 Å². The Balaban J connectivity index is 1.99. The lowest BCUT2D eigenvalue weighted by atomic mass is 9.77. The first-order valence-corrected chi connectivity index (χ1v) is 14.0. The summed E-state index contributed by atoms with van der Waals surface area (Å²) in [6.07, 6.45) is -6.42. The second-order valence-corrected chi connectivity index (χ2v) is 12.8. The molecule has 3 fully saturated rings. The largest absolute Gasteiger partial charge is 0.453 e. The smallest absolute Gasteiger partial charge is 0.407 e. The topological polar surface area (TPSA) is 134 Å². The van der Waals surface area contributed by atoms with E-state index >= 15 is 0 Å². The van der Waals surface area contributed by atoms with Crippen molar-refractivity contribution < 1.29 is 50.7 Å². The number of hydrogen-bond acceptors (Lipinski definition) is 6. The van der Waals surface area contributed by atoms with Gasteiger partial charge in [-0.05, 0) is 44.4 Å². The van der Waals surface area contributed by atoms with Gasteiger partial charge in [-0.2, -0.15) is 13.2 Å². The zero-order chi connectivity index (χ0) is 31.8. The number of nitrogens with zero attached hydrogens (tertiary/aromatic N) is 1. The fourth-order valence-electron chi connectivity index (χ4n) is 5.91. The first-order chi connectivity index (χ1) is 19.2. The molecule has 1 heterocycles. The number of Topliss-reactive ketones (excluding diaryl/α,β-unsaturated/α-hetero) is 1. The van der Waals surface area contributed by atoms with E-state index in [1.54, 1.807) is 20.8 Å². The third-order valence-electron chi connectivity index (χ3n) is 8.34. The molecule has 3 unspecified atom stereocenters. The maximum Gasteiger partial charge on any atom is 0.407 e. The molecule has 0 spiro atoms. The Labute approximate surface area is 240 Å². The van der Waals surface area contributed by atoms with Crippen molar-refractivity contribution in [1.82, 2.24) is 20.9 Å². The molecule has 5 atom stereocenters. The van der Waals surface area contributed by atoms with Crippen LogP contribution in [0.2, 0.25) is 0 Å². The second-order valence-electron chi connectivity index (χ2n) is 12.8. The van der Waals surface area contributed by atoms with E-state index in [1.165, 1.54) is 0 Å². The molecule has 0 aromatic heterocycles. The molecule has 0 bridgehead atoms. The number of carbonyl (C=O) groups excluding carboxylic acids is 5. The van der Waals surface area contributed by atoms with Crippen molar-refractivity contribution in [3.8, 4) is 0 Å². The van der Waals surface area contributed by atoms with Gasteiger partial charge in [0.1, 0.15) is 12.1 Å². The average Bonchev–Trinajstić information content (AvgIpc) is 3.45. The van der Waals surface area contributed by atoms with Crippen LogP contribution in [0, 0.1) is 16.7 Å². The number of ether oxygens (including phenoxy) is 1. The molecule has 0 aromatic rings. The number of alkyl carbamates (subject to hydrolysis) is 1. The summed E-state index contributed by atoms with van der Waals surface area (Å²) >= 11 is 0. The van der Waals surface area contributed by atoms with Crippen molar-refractivity contribution in [2.24, 2.45) is 16.7 Å². The second kappa shape index (κ2) is 11.9. The summed E-state index contributed by atoms with van der Waals surface area (Å²) < 4.78 is 75.8. The lowest BCUT2D eigenvalue weighted by molar-refractivity contribution is -0.227. The Morgan fingerprint density at radius 1 is 0.976 bits per heavy atom. The van der Waals surface area contributed by atoms with Crippen molar-refractivity contribution in [3.05, 3.63) is 0 Å². The summed E-state index contributed by atoms with van der Waals surface area (Å²) in [5, 5.41) is 7.01. The summed E-state index contributed by atoms with van der Waals surface area (Å²) in [4.78, 5) is 65.8. The average molecular weight is 611 g/mol.